The van der Waals surface area contributed by atoms with E-state index < -0.39 is 5.41 Å². The van der Waals surface area contributed by atoms with Gasteiger partial charge in [-0.1, -0.05) is 78.0 Å². The highest BCUT2D eigenvalue weighted by Crippen LogP contribution is 2.51. The van der Waals surface area contributed by atoms with Crippen molar-refractivity contribution in [1.82, 2.24) is 10.1 Å². The minimum Gasteiger partial charge on any atom is -0.465 e. The van der Waals surface area contributed by atoms with Gasteiger partial charge in [0.15, 0.2) is 5.76 Å². The van der Waals surface area contributed by atoms with Gasteiger partial charge in [-0.2, -0.15) is 0 Å². The van der Waals surface area contributed by atoms with Crippen LogP contribution in [0.25, 0.3) is 22.5 Å². The minimum atomic E-state index is -0.549. The molecule has 1 aliphatic carbocycles. The summed E-state index contributed by atoms with van der Waals surface area (Å²) in [4.78, 5) is 15.4. The van der Waals surface area contributed by atoms with Crippen LogP contribution in [-0.2, 0) is 21.5 Å². The molecule has 1 unspecified atom stereocenters. The first-order chi connectivity index (χ1) is 18.6. The quantitative estimate of drug-likeness (QED) is 0.243. The van der Waals surface area contributed by atoms with E-state index in [2.05, 4.69) is 82.9 Å². The van der Waals surface area contributed by atoms with Crippen molar-refractivity contribution in [2.75, 3.05) is 19.7 Å². The van der Waals surface area contributed by atoms with Crippen molar-refractivity contribution in [2.45, 2.75) is 51.0 Å². The Hall–Kier alpha value is -3.70. The molecule has 38 heavy (non-hydrogen) atoms. The molecule has 194 valence electrons. The van der Waals surface area contributed by atoms with E-state index >= 15 is 0 Å². The lowest BCUT2D eigenvalue weighted by atomic mass is 9.88. The fraction of sp³-hybridized carbons (Fsp3) is 0.333. The van der Waals surface area contributed by atoms with E-state index in [0.29, 0.717) is 12.5 Å². The second kappa shape index (κ2) is 10.2. The smallest absolute Gasteiger partial charge is 0.316 e. The molecule has 6 rings (SSSR count). The Balaban J connectivity index is 1.37. The molecule has 4 aromatic rings. The predicted octanol–water partition coefficient (Wildman–Crippen LogP) is 6.90. The van der Waals surface area contributed by atoms with Crippen molar-refractivity contribution in [3.63, 3.8) is 0 Å². The number of carbonyl (C=O) groups is 1. The van der Waals surface area contributed by atoms with Gasteiger partial charge in [-0.3, -0.25) is 9.69 Å². The maximum atomic E-state index is 12.9. The van der Waals surface area contributed by atoms with Gasteiger partial charge in [0.1, 0.15) is 0 Å². The van der Waals surface area contributed by atoms with Crippen LogP contribution in [-0.4, -0.2) is 35.7 Å². The minimum absolute atomic E-state index is 0.128. The molecule has 1 aromatic heterocycles. The summed E-state index contributed by atoms with van der Waals surface area (Å²) >= 11 is 0. The van der Waals surface area contributed by atoms with Gasteiger partial charge >= 0.3 is 5.97 Å². The van der Waals surface area contributed by atoms with Gasteiger partial charge in [0.2, 0.25) is 0 Å². The van der Waals surface area contributed by atoms with Crippen molar-refractivity contribution in [1.29, 1.82) is 0 Å². The third-order valence-electron chi connectivity index (χ3n) is 8.23. The lowest BCUT2D eigenvalue weighted by Crippen LogP contribution is -2.23. The Morgan fingerprint density at radius 1 is 1.03 bits per heavy atom. The Labute approximate surface area is 224 Å². The average molecular weight is 507 g/mol. The molecule has 1 atom stereocenters. The molecule has 3 aromatic carbocycles. The summed E-state index contributed by atoms with van der Waals surface area (Å²) in [6.45, 7) is 7.13. The van der Waals surface area contributed by atoms with Crippen LogP contribution in [0.4, 0.5) is 0 Å². The maximum absolute atomic E-state index is 12.9. The summed E-state index contributed by atoms with van der Waals surface area (Å²) < 4.78 is 11.5. The monoisotopic (exact) mass is 506 g/mol. The standard InChI is InChI=1S/C33H34N2O3/c1-3-37-32(36)33(17-18-33)27-14-15-28(25-12-8-5-9-13-25)29(20-27)31-30(23(2)34-38-31)22-35-19-16-26(21-35)24-10-6-4-7-11-24/h4-15,20,26H,3,16-19,21-22H2,1-2H3. The lowest BCUT2D eigenvalue weighted by Gasteiger charge is -2.19. The Morgan fingerprint density at radius 2 is 1.76 bits per heavy atom. The molecule has 1 saturated carbocycles. The Bertz CT molecular complexity index is 1420. The first-order valence-corrected chi connectivity index (χ1v) is 13.7. The fourth-order valence-corrected chi connectivity index (χ4v) is 5.89. The predicted molar refractivity (Wildman–Crippen MR) is 149 cm³/mol. The van der Waals surface area contributed by atoms with E-state index in [0.717, 1.165) is 78.2 Å². The molecule has 0 spiro atoms. The fourth-order valence-electron chi connectivity index (χ4n) is 5.89. The zero-order chi connectivity index (χ0) is 26.1. The van der Waals surface area contributed by atoms with Crippen LogP contribution >= 0.6 is 0 Å². The number of likely N-dealkylation sites (tertiary alicyclic amines) is 1. The molecule has 2 heterocycles. The first kappa shape index (κ1) is 24.6. The van der Waals surface area contributed by atoms with Gasteiger partial charge < -0.3 is 9.26 Å². The molecule has 0 bridgehead atoms. The highest BCUT2D eigenvalue weighted by molar-refractivity contribution is 5.89. The van der Waals surface area contributed by atoms with Crippen molar-refractivity contribution in [3.05, 3.63) is 101 Å². The number of benzene rings is 3. The molecule has 1 saturated heterocycles. The maximum Gasteiger partial charge on any atom is 0.316 e. The second-order valence-electron chi connectivity index (χ2n) is 10.6. The molecule has 5 heteroatoms. The van der Waals surface area contributed by atoms with Crippen molar-refractivity contribution in [3.8, 4) is 22.5 Å². The van der Waals surface area contributed by atoms with E-state index in [1.165, 1.54) is 5.56 Å². The summed E-state index contributed by atoms with van der Waals surface area (Å²) in [6.07, 6.45) is 2.77. The number of rotatable bonds is 8. The van der Waals surface area contributed by atoms with Gasteiger partial charge in [0.25, 0.3) is 0 Å². The number of hydrogen-bond acceptors (Lipinski definition) is 5. The van der Waals surface area contributed by atoms with Crippen molar-refractivity contribution in [2.24, 2.45) is 0 Å². The number of nitrogens with zero attached hydrogens (tertiary/aromatic N) is 2. The average Bonchev–Trinajstić information content (AvgIpc) is 3.52. The SMILES string of the molecule is CCOC(=O)C1(c2ccc(-c3ccccc3)c(-c3onc(C)c3CN3CCC(c4ccccc4)C3)c2)CC1. The summed E-state index contributed by atoms with van der Waals surface area (Å²) in [5.41, 5.74) is 7.07. The van der Waals surface area contributed by atoms with Gasteiger partial charge in [0.05, 0.1) is 17.7 Å². The van der Waals surface area contributed by atoms with Crippen molar-refractivity contribution < 1.29 is 14.1 Å². The third kappa shape index (κ3) is 4.56. The normalized spacial score (nSPS) is 18.4. The van der Waals surface area contributed by atoms with Crippen LogP contribution in [0, 0.1) is 6.92 Å². The van der Waals surface area contributed by atoms with Gasteiger partial charge in [0, 0.05) is 24.2 Å². The summed E-state index contributed by atoms with van der Waals surface area (Å²) in [6, 6.07) is 27.5. The van der Waals surface area contributed by atoms with E-state index in [1.54, 1.807) is 0 Å². The van der Waals surface area contributed by atoms with Crippen LogP contribution in [0.1, 0.15) is 54.5 Å². The number of aromatic nitrogens is 1. The van der Waals surface area contributed by atoms with Crippen LogP contribution in [0.2, 0.25) is 0 Å². The second-order valence-corrected chi connectivity index (χ2v) is 10.6. The summed E-state index contributed by atoms with van der Waals surface area (Å²) in [5, 5.41) is 4.43. The summed E-state index contributed by atoms with van der Waals surface area (Å²) in [7, 11) is 0. The molecule has 0 radical (unpaired) electrons. The molecule has 2 fully saturated rings. The molecule has 0 N–H and O–H groups in total. The largest absolute Gasteiger partial charge is 0.465 e. The summed E-state index contributed by atoms with van der Waals surface area (Å²) in [5.74, 6) is 1.21. The third-order valence-corrected chi connectivity index (χ3v) is 8.23. The lowest BCUT2D eigenvalue weighted by molar-refractivity contribution is -0.146. The highest BCUT2D eigenvalue weighted by Gasteiger charge is 2.53. The van der Waals surface area contributed by atoms with E-state index in [1.807, 2.05) is 19.9 Å². The van der Waals surface area contributed by atoms with Crippen LogP contribution in [0.3, 0.4) is 0 Å². The number of ether oxygens (including phenoxy) is 1. The topological polar surface area (TPSA) is 55.6 Å². The van der Waals surface area contributed by atoms with Crippen LogP contribution in [0.5, 0.6) is 0 Å². The molecular formula is C33H34N2O3. The molecule has 1 aliphatic heterocycles. The van der Waals surface area contributed by atoms with Gasteiger partial charge in [-0.25, -0.2) is 0 Å². The van der Waals surface area contributed by atoms with E-state index in [4.69, 9.17) is 9.26 Å². The van der Waals surface area contributed by atoms with Crippen LogP contribution in [0.15, 0.2) is 83.4 Å². The van der Waals surface area contributed by atoms with Crippen molar-refractivity contribution >= 4 is 5.97 Å². The molecule has 5 nitrogen and oxygen atoms in total. The molecule has 0 amide bonds. The van der Waals surface area contributed by atoms with Gasteiger partial charge in [-0.15, -0.1) is 0 Å². The zero-order valence-electron chi connectivity index (χ0n) is 22.2. The number of aryl methyl sites for hydroxylation is 1. The Kier molecular flexibility index (Phi) is 6.62. The zero-order valence-corrected chi connectivity index (χ0v) is 22.2. The van der Waals surface area contributed by atoms with Gasteiger partial charge in [-0.05, 0) is 73.9 Å². The first-order valence-electron chi connectivity index (χ1n) is 13.7. The molecule has 2 aliphatic rings. The molecular weight excluding hydrogens is 472 g/mol. The van der Waals surface area contributed by atoms with Crippen LogP contribution < -0.4 is 0 Å². The number of hydrogen-bond donors (Lipinski definition) is 0. The van der Waals surface area contributed by atoms with E-state index in [-0.39, 0.29) is 5.97 Å². The Morgan fingerprint density at radius 3 is 2.47 bits per heavy atom. The highest BCUT2D eigenvalue weighted by atomic mass is 16.5. The number of carbonyl (C=O) groups excluding carboxylic acids is 1. The van der Waals surface area contributed by atoms with E-state index in [9.17, 15) is 4.79 Å². The number of esters is 1.